The topological polar surface area (TPSA) is 92.3 Å². The molecule has 124 valence electrons. The summed E-state index contributed by atoms with van der Waals surface area (Å²) in [7, 11) is 0. The first kappa shape index (κ1) is 17.1. The molecule has 2 rings (SSSR count). The number of amides is 4. The van der Waals surface area contributed by atoms with Crippen molar-refractivity contribution in [3.8, 4) is 0 Å². The van der Waals surface area contributed by atoms with Crippen LogP contribution in [0.4, 0.5) is 0 Å². The van der Waals surface area contributed by atoms with Gasteiger partial charge in [0.2, 0.25) is 0 Å². The van der Waals surface area contributed by atoms with Gasteiger partial charge < -0.3 is 0 Å². The van der Waals surface area contributed by atoms with E-state index in [1.54, 1.807) is 0 Å². The van der Waals surface area contributed by atoms with E-state index in [9.17, 15) is 19.2 Å². The molecule has 6 heteroatoms. The Bertz CT molecular complexity index is 629. The van der Waals surface area contributed by atoms with Gasteiger partial charge in [0.1, 0.15) is 0 Å². The Hall–Kier alpha value is -2.24. The highest BCUT2D eigenvalue weighted by Crippen LogP contribution is 2.39. The second-order valence-corrected chi connectivity index (χ2v) is 6.73. The van der Waals surface area contributed by atoms with Crippen LogP contribution in [0.5, 0.6) is 0 Å². The van der Waals surface area contributed by atoms with Gasteiger partial charge in [-0.3, -0.25) is 29.8 Å². The van der Waals surface area contributed by atoms with Crippen LogP contribution in [0.15, 0.2) is 23.3 Å². The van der Waals surface area contributed by atoms with E-state index in [1.807, 2.05) is 13.8 Å². The first-order valence-corrected chi connectivity index (χ1v) is 7.85. The van der Waals surface area contributed by atoms with Crippen LogP contribution in [-0.4, -0.2) is 23.6 Å². The molecule has 4 amide bonds. The molecule has 1 atom stereocenters. The van der Waals surface area contributed by atoms with Crippen molar-refractivity contribution in [2.24, 2.45) is 11.3 Å². The lowest BCUT2D eigenvalue weighted by atomic mass is 9.71. The Balaban J connectivity index is 1.84. The molecule has 0 radical (unpaired) electrons. The molecule has 2 aliphatic rings. The first-order chi connectivity index (χ1) is 10.7. The maximum absolute atomic E-state index is 11.8. The highest BCUT2D eigenvalue weighted by molar-refractivity contribution is 6.17. The summed E-state index contributed by atoms with van der Waals surface area (Å²) in [6.07, 6.45) is 5.87. The zero-order valence-corrected chi connectivity index (χ0v) is 13.7. The fourth-order valence-corrected chi connectivity index (χ4v) is 2.92. The number of hydrogen-bond donors (Lipinski definition) is 2. The number of carbonyl (C=O) groups excluding carboxylic acids is 4. The molecule has 0 saturated heterocycles. The summed E-state index contributed by atoms with van der Waals surface area (Å²) in [5.41, 5.74) is 0.666. The lowest BCUT2D eigenvalue weighted by molar-refractivity contribution is -0.125. The summed E-state index contributed by atoms with van der Waals surface area (Å²) in [4.78, 5) is 45.6. The van der Waals surface area contributed by atoms with Crippen molar-refractivity contribution in [1.29, 1.82) is 0 Å². The largest absolute Gasteiger partial charge is 0.289 e. The number of imide groups is 2. The van der Waals surface area contributed by atoms with Gasteiger partial charge in [-0.25, -0.2) is 0 Å². The van der Waals surface area contributed by atoms with Gasteiger partial charge >= 0.3 is 0 Å². The second kappa shape index (κ2) is 6.48. The minimum absolute atomic E-state index is 0.207. The molecule has 0 aromatic carbocycles. The Kier molecular flexibility index (Phi) is 4.82. The molecule has 2 heterocycles. The predicted molar refractivity (Wildman–Crippen MR) is 83.9 cm³/mol. The molecule has 23 heavy (non-hydrogen) atoms. The SMILES string of the molecule is CC(CCCCC1=CC(=O)NC1=O)C(C)(C)C1=CC(=O)NC1=O. The molecule has 6 nitrogen and oxygen atoms in total. The molecule has 0 aliphatic carbocycles. The number of nitrogens with one attached hydrogen (secondary N) is 2. The Morgan fingerprint density at radius 2 is 1.57 bits per heavy atom. The lowest BCUT2D eigenvalue weighted by Crippen LogP contribution is -2.31. The van der Waals surface area contributed by atoms with Crippen molar-refractivity contribution in [2.45, 2.75) is 46.5 Å². The summed E-state index contributed by atoms with van der Waals surface area (Å²) in [6.45, 7) is 5.99. The Morgan fingerprint density at radius 3 is 2.09 bits per heavy atom. The molecule has 0 aromatic rings. The Morgan fingerprint density at radius 1 is 0.957 bits per heavy atom. The molecule has 0 bridgehead atoms. The quantitative estimate of drug-likeness (QED) is 0.548. The van der Waals surface area contributed by atoms with Crippen LogP contribution < -0.4 is 10.6 Å². The third kappa shape index (κ3) is 3.75. The normalized spacial score (nSPS) is 19.4. The maximum Gasteiger partial charge on any atom is 0.254 e. The molecule has 0 saturated carbocycles. The molecule has 2 N–H and O–H groups in total. The average molecular weight is 318 g/mol. The highest BCUT2D eigenvalue weighted by Gasteiger charge is 2.37. The molecule has 1 unspecified atom stereocenters. The number of unbranched alkanes of at least 4 members (excludes halogenated alkanes) is 1. The molecule has 0 fully saturated rings. The average Bonchev–Trinajstić information content (AvgIpc) is 2.96. The minimum Gasteiger partial charge on any atom is -0.289 e. The van der Waals surface area contributed by atoms with Crippen LogP contribution in [0, 0.1) is 11.3 Å². The molecular weight excluding hydrogens is 296 g/mol. The summed E-state index contributed by atoms with van der Waals surface area (Å²) >= 11 is 0. The van der Waals surface area contributed by atoms with Crippen LogP contribution in [0.25, 0.3) is 0 Å². The van der Waals surface area contributed by atoms with Crippen molar-refractivity contribution in [2.75, 3.05) is 0 Å². The van der Waals surface area contributed by atoms with Gasteiger partial charge in [0.25, 0.3) is 23.6 Å². The van der Waals surface area contributed by atoms with Gasteiger partial charge in [-0.05, 0) is 30.6 Å². The van der Waals surface area contributed by atoms with E-state index in [1.165, 1.54) is 12.2 Å². The van der Waals surface area contributed by atoms with E-state index in [-0.39, 0.29) is 29.5 Å². The van der Waals surface area contributed by atoms with Crippen LogP contribution in [0.2, 0.25) is 0 Å². The standard InChI is InChI=1S/C17H22N2O4/c1-10(17(2,3)12-9-14(21)19-16(12)23)6-4-5-7-11-8-13(20)18-15(11)22/h8-10H,4-7H2,1-3H3,(H,18,20,22)(H,19,21,23). The summed E-state index contributed by atoms with van der Waals surface area (Å²) in [5, 5.41) is 4.52. The Labute approximate surface area is 135 Å². The maximum atomic E-state index is 11.8. The van der Waals surface area contributed by atoms with Crippen molar-refractivity contribution < 1.29 is 19.2 Å². The predicted octanol–water partition coefficient (Wildman–Crippen LogP) is 1.37. The van der Waals surface area contributed by atoms with Gasteiger partial charge in [0, 0.05) is 23.3 Å². The van der Waals surface area contributed by atoms with Gasteiger partial charge in [0.15, 0.2) is 0 Å². The van der Waals surface area contributed by atoms with Crippen molar-refractivity contribution in [1.82, 2.24) is 10.6 Å². The van der Waals surface area contributed by atoms with Gasteiger partial charge in [-0.1, -0.05) is 27.2 Å². The van der Waals surface area contributed by atoms with E-state index in [0.717, 1.165) is 19.3 Å². The number of hydrogen-bond acceptors (Lipinski definition) is 4. The van der Waals surface area contributed by atoms with E-state index in [2.05, 4.69) is 17.6 Å². The molecular formula is C17H22N2O4. The fraction of sp³-hybridized carbons (Fsp3) is 0.529. The minimum atomic E-state index is -0.393. The summed E-state index contributed by atoms with van der Waals surface area (Å²) in [6, 6.07) is 0. The van der Waals surface area contributed by atoms with Gasteiger partial charge in [-0.2, -0.15) is 0 Å². The summed E-state index contributed by atoms with van der Waals surface area (Å²) in [5.74, 6) is -1.09. The van der Waals surface area contributed by atoms with E-state index in [0.29, 0.717) is 17.6 Å². The van der Waals surface area contributed by atoms with Crippen LogP contribution in [0.3, 0.4) is 0 Å². The van der Waals surface area contributed by atoms with Gasteiger partial charge in [-0.15, -0.1) is 0 Å². The highest BCUT2D eigenvalue weighted by atomic mass is 16.2. The van der Waals surface area contributed by atoms with Gasteiger partial charge in [0.05, 0.1) is 0 Å². The van der Waals surface area contributed by atoms with Crippen LogP contribution >= 0.6 is 0 Å². The number of rotatable bonds is 7. The van der Waals surface area contributed by atoms with Crippen molar-refractivity contribution in [3.63, 3.8) is 0 Å². The summed E-state index contributed by atoms with van der Waals surface area (Å²) < 4.78 is 0. The van der Waals surface area contributed by atoms with Crippen molar-refractivity contribution >= 4 is 23.6 Å². The number of carbonyl (C=O) groups is 4. The molecule has 0 aromatic heterocycles. The van der Waals surface area contributed by atoms with Crippen LogP contribution in [-0.2, 0) is 19.2 Å². The third-order valence-corrected chi connectivity index (χ3v) is 4.85. The van der Waals surface area contributed by atoms with Crippen LogP contribution in [0.1, 0.15) is 46.5 Å². The zero-order chi connectivity index (χ0) is 17.2. The smallest absolute Gasteiger partial charge is 0.254 e. The van der Waals surface area contributed by atoms with E-state index >= 15 is 0 Å². The second-order valence-electron chi connectivity index (χ2n) is 6.73. The third-order valence-electron chi connectivity index (χ3n) is 4.85. The first-order valence-electron chi connectivity index (χ1n) is 7.85. The lowest BCUT2D eigenvalue weighted by Gasteiger charge is -2.32. The zero-order valence-electron chi connectivity index (χ0n) is 13.7. The van der Waals surface area contributed by atoms with E-state index < -0.39 is 5.41 Å². The fourth-order valence-electron chi connectivity index (χ4n) is 2.92. The molecule has 2 aliphatic heterocycles. The van der Waals surface area contributed by atoms with E-state index in [4.69, 9.17) is 0 Å². The van der Waals surface area contributed by atoms with Crippen molar-refractivity contribution in [3.05, 3.63) is 23.3 Å². The monoisotopic (exact) mass is 318 g/mol. The molecule has 0 spiro atoms.